The minimum absolute atomic E-state index is 0.00568. The normalized spacial score (nSPS) is 30.3. The Balaban J connectivity index is 0.000000384. The molecule has 0 N–H and O–H groups in total. The quantitative estimate of drug-likeness (QED) is 0.445. The largest absolute Gasteiger partial charge is 0.490 e. The van der Waals surface area contributed by atoms with Crippen LogP contribution in [-0.2, 0) is 9.53 Å². The van der Waals surface area contributed by atoms with Crippen LogP contribution in [0.3, 0.4) is 0 Å². The highest BCUT2D eigenvalue weighted by Gasteiger charge is 2.58. The van der Waals surface area contributed by atoms with Crippen molar-refractivity contribution in [3.05, 3.63) is 28.5 Å². The van der Waals surface area contributed by atoms with Crippen molar-refractivity contribution in [2.24, 2.45) is 29.1 Å². The average Bonchev–Trinajstić information content (AvgIpc) is 3.35. The van der Waals surface area contributed by atoms with Crippen molar-refractivity contribution in [3.8, 4) is 11.8 Å². The lowest BCUT2D eigenvalue weighted by molar-refractivity contribution is -0.138. The Kier molecular flexibility index (Phi) is 7.85. The minimum Gasteiger partial charge on any atom is -0.490 e. The molecule has 8 heteroatoms. The average molecular weight is 519 g/mol. The highest BCUT2D eigenvalue weighted by atomic mass is 35.5. The molecule has 0 aromatic heterocycles. The smallest absolute Gasteiger partial charge is 0.293 e. The molecule has 4 bridgehead atoms. The molecule has 0 unspecified atom stereocenters. The van der Waals surface area contributed by atoms with Crippen molar-refractivity contribution >= 4 is 24.0 Å². The van der Waals surface area contributed by atoms with E-state index in [1.54, 1.807) is 4.90 Å². The van der Waals surface area contributed by atoms with Gasteiger partial charge in [-0.3, -0.25) is 9.59 Å². The summed E-state index contributed by atoms with van der Waals surface area (Å²) in [6, 6.07) is 5.20. The van der Waals surface area contributed by atoms with Gasteiger partial charge in [0.2, 0.25) is 0 Å². The van der Waals surface area contributed by atoms with Crippen molar-refractivity contribution in [1.29, 1.82) is 5.26 Å². The van der Waals surface area contributed by atoms with Crippen molar-refractivity contribution in [2.45, 2.75) is 71.3 Å². The van der Waals surface area contributed by atoms with Crippen LogP contribution in [-0.4, -0.2) is 42.6 Å². The predicted octanol–water partition coefficient (Wildman–Crippen LogP) is 6.02. The number of nitriles is 1. The van der Waals surface area contributed by atoms with Gasteiger partial charge in [0.25, 0.3) is 12.4 Å². The van der Waals surface area contributed by atoms with Crippen LogP contribution in [0.15, 0.2) is 12.1 Å². The van der Waals surface area contributed by atoms with Gasteiger partial charge in [0.15, 0.2) is 0 Å². The van der Waals surface area contributed by atoms with E-state index in [0.29, 0.717) is 31.4 Å². The maximum absolute atomic E-state index is 14.7. The topological polar surface area (TPSA) is 79.6 Å². The zero-order chi connectivity index (χ0) is 26.1. The second-order valence-corrected chi connectivity index (χ2v) is 12.2. The van der Waals surface area contributed by atoms with E-state index in [4.69, 9.17) is 16.3 Å². The molecular formula is C28H36ClFN2O4. The molecule has 196 valence electrons. The van der Waals surface area contributed by atoms with Crippen LogP contribution in [0, 0.1) is 46.2 Å². The first-order chi connectivity index (χ1) is 17.1. The van der Waals surface area contributed by atoms with Gasteiger partial charge in [-0.1, -0.05) is 11.6 Å². The fourth-order valence-corrected chi connectivity index (χ4v) is 6.93. The van der Waals surface area contributed by atoms with Crippen LogP contribution in [0.5, 0.6) is 5.75 Å². The van der Waals surface area contributed by atoms with Crippen molar-refractivity contribution in [1.82, 2.24) is 4.90 Å². The zero-order valence-corrected chi connectivity index (χ0v) is 22.2. The summed E-state index contributed by atoms with van der Waals surface area (Å²) in [4.78, 5) is 23.8. The first-order valence-corrected chi connectivity index (χ1v) is 13.4. The summed E-state index contributed by atoms with van der Waals surface area (Å²) in [5, 5.41) is 10.3. The lowest BCUT2D eigenvalue weighted by Crippen LogP contribution is -2.54. The molecule has 1 aromatic carbocycles. The Morgan fingerprint density at radius 1 is 1.17 bits per heavy atom. The summed E-state index contributed by atoms with van der Waals surface area (Å²) in [5.41, 5.74) is -0.826. The molecule has 5 fully saturated rings. The van der Waals surface area contributed by atoms with E-state index < -0.39 is 11.2 Å². The first kappa shape index (κ1) is 26.7. The third-order valence-corrected chi connectivity index (χ3v) is 8.61. The Morgan fingerprint density at radius 2 is 1.75 bits per heavy atom. The summed E-state index contributed by atoms with van der Waals surface area (Å²) >= 11 is 6.36. The molecule has 1 heterocycles. The van der Waals surface area contributed by atoms with E-state index in [1.807, 2.05) is 20.8 Å². The molecule has 36 heavy (non-hydrogen) atoms. The van der Waals surface area contributed by atoms with Crippen molar-refractivity contribution < 1.29 is 23.5 Å². The van der Waals surface area contributed by atoms with Crippen LogP contribution in [0.4, 0.5) is 4.39 Å². The summed E-state index contributed by atoms with van der Waals surface area (Å²) in [6.45, 7) is 7.48. The van der Waals surface area contributed by atoms with E-state index >= 15 is 0 Å². The highest BCUT2D eigenvalue weighted by Crippen LogP contribution is 2.62. The van der Waals surface area contributed by atoms with E-state index in [2.05, 4.69) is 10.8 Å². The molecule has 1 amide bonds. The van der Waals surface area contributed by atoms with Gasteiger partial charge in [-0.25, -0.2) is 4.39 Å². The zero-order valence-electron chi connectivity index (χ0n) is 21.4. The van der Waals surface area contributed by atoms with E-state index in [1.165, 1.54) is 18.6 Å². The van der Waals surface area contributed by atoms with Crippen LogP contribution in [0.25, 0.3) is 0 Å². The van der Waals surface area contributed by atoms with Gasteiger partial charge in [0.1, 0.15) is 23.8 Å². The van der Waals surface area contributed by atoms with E-state index in [9.17, 15) is 19.2 Å². The number of nitrogens with zero attached hydrogens (tertiary/aromatic N) is 2. The number of amides is 1. The van der Waals surface area contributed by atoms with Crippen molar-refractivity contribution in [3.63, 3.8) is 0 Å². The fourth-order valence-electron chi connectivity index (χ4n) is 6.71. The maximum atomic E-state index is 14.7. The molecule has 6 nitrogen and oxygen atoms in total. The Bertz CT molecular complexity index is 998. The van der Waals surface area contributed by atoms with Gasteiger partial charge >= 0.3 is 0 Å². The second-order valence-electron chi connectivity index (χ2n) is 11.8. The Morgan fingerprint density at radius 3 is 2.22 bits per heavy atom. The minimum atomic E-state index is -0.614. The standard InChI is InChI=1S/C23H26ClFN2O2.C5H10O2/c24-19-10-18(22(28)27-3-1-2-4-27)20(25)11-21(19)29-13-23(12-26)16-6-14-5-15(8-16)9-17(23)7-14;1-5(2,3)7-4-6/h10-11,14-17H,1-9,13H2;4H,1-3H3. The van der Waals surface area contributed by atoms with Crippen LogP contribution in [0.1, 0.15) is 76.1 Å². The lowest BCUT2D eigenvalue weighted by atomic mass is 9.46. The van der Waals surface area contributed by atoms with Gasteiger partial charge in [-0.15, -0.1) is 0 Å². The summed E-state index contributed by atoms with van der Waals surface area (Å²) in [5.74, 6) is 1.55. The number of ether oxygens (including phenoxy) is 2. The summed E-state index contributed by atoms with van der Waals surface area (Å²) in [6.07, 6.45) is 7.64. The van der Waals surface area contributed by atoms with Crippen molar-refractivity contribution in [2.75, 3.05) is 19.7 Å². The number of likely N-dealkylation sites (tertiary alicyclic amines) is 1. The lowest BCUT2D eigenvalue weighted by Gasteiger charge is -2.58. The number of carbonyl (C=O) groups is 2. The molecule has 6 rings (SSSR count). The molecule has 1 saturated heterocycles. The van der Waals surface area contributed by atoms with E-state index in [0.717, 1.165) is 50.4 Å². The highest BCUT2D eigenvalue weighted by molar-refractivity contribution is 6.32. The van der Waals surface area contributed by atoms with Gasteiger partial charge in [-0.2, -0.15) is 5.26 Å². The van der Waals surface area contributed by atoms with Gasteiger partial charge in [0.05, 0.1) is 22.1 Å². The second kappa shape index (κ2) is 10.6. The number of halogens is 2. The number of carbonyl (C=O) groups excluding carboxylic acids is 2. The molecule has 1 aliphatic heterocycles. The molecule has 0 spiro atoms. The van der Waals surface area contributed by atoms with Gasteiger partial charge in [-0.05, 0) is 95.5 Å². The molecule has 1 aromatic rings. The number of benzene rings is 1. The van der Waals surface area contributed by atoms with Crippen LogP contribution < -0.4 is 4.74 Å². The predicted molar refractivity (Wildman–Crippen MR) is 134 cm³/mol. The van der Waals surface area contributed by atoms with E-state index in [-0.39, 0.29) is 34.5 Å². The third-order valence-electron chi connectivity index (χ3n) is 8.32. The number of hydrogen-bond acceptors (Lipinski definition) is 5. The third kappa shape index (κ3) is 5.49. The van der Waals surface area contributed by atoms with Gasteiger partial charge in [0, 0.05) is 19.2 Å². The van der Waals surface area contributed by atoms with Gasteiger partial charge < -0.3 is 14.4 Å². The Labute approximate surface area is 218 Å². The summed E-state index contributed by atoms with van der Waals surface area (Å²) < 4.78 is 25.2. The molecule has 4 saturated carbocycles. The maximum Gasteiger partial charge on any atom is 0.293 e. The SMILES string of the molecule is CC(C)(C)OC=O.N#CC1(COc2cc(F)c(C(=O)N3CCCC3)cc2Cl)C2CC3CC(C2)CC1C3. The Hall–Kier alpha value is -2.33. The number of hydrogen-bond donors (Lipinski definition) is 0. The molecule has 0 radical (unpaired) electrons. The first-order valence-electron chi connectivity index (χ1n) is 13.0. The van der Waals surface area contributed by atoms with Crippen LogP contribution >= 0.6 is 11.6 Å². The molecule has 0 atom stereocenters. The molecule has 4 aliphatic carbocycles. The molecule has 5 aliphatic rings. The summed E-state index contributed by atoms with van der Waals surface area (Å²) in [7, 11) is 0. The number of rotatable bonds is 5. The monoisotopic (exact) mass is 518 g/mol. The molecular weight excluding hydrogens is 483 g/mol. The van der Waals surface area contributed by atoms with Crippen LogP contribution in [0.2, 0.25) is 5.02 Å². The fraction of sp³-hybridized carbons (Fsp3) is 0.679.